The quantitative estimate of drug-likeness (QED) is 0.748. The van der Waals surface area contributed by atoms with Crippen molar-refractivity contribution in [2.24, 2.45) is 5.73 Å². The van der Waals surface area contributed by atoms with Gasteiger partial charge in [0.25, 0.3) is 0 Å². The minimum atomic E-state index is 0.0204. The molecule has 5 heteroatoms. The van der Waals surface area contributed by atoms with Crippen LogP contribution in [0, 0.1) is 0 Å². The predicted octanol–water partition coefficient (Wildman–Crippen LogP) is 1.56. The highest BCUT2D eigenvalue weighted by Crippen LogP contribution is 2.20. The zero-order chi connectivity index (χ0) is 11.3. The van der Waals surface area contributed by atoms with Gasteiger partial charge in [0.2, 0.25) is 5.89 Å². The first-order valence-electron chi connectivity index (χ1n) is 5.44. The normalized spacial score (nSPS) is 11.7. The maximum Gasteiger partial charge on any atom is 0.315 e. The van der Waals surface area contributed by atoms with Gasteiger partial charge >= 0.3 is 6.01 Å². The Morgan fingerprint density at radius 3 is 2.53 bits per heavy atom. The lowest BCUT2D eigenvalue weighted by atomic mass is 9.96. The van der Waals surface area contributed by atoms with E-state index in [1.807, 2.05) is 0 Å². The number of anilines is 1. The molecule has 0 atom stereocenters. The molecule has 1 heterocycles. The lowest BCUT2D eigenvalue weighted by molar-refractivity contribution is 0.438. The fraction of sp³-hybridized carbons (Fsp3) is 0.800. The Hall–Kier alpha value is -1.10. The van der Waals surface area contributed by atoms with Crippen molar-refractivity contribution >= 4 is 6.01 Å². The van der Waals surface area contributed by atoms with Gasteiger partial charge in [-0.2, -0.15) is 0 Å². The second kappa shape index (κ2) is 5.11. The summed E-state index contributed by atoms with van der Waals surface area (Å²) in [5.74, 6) is 0.592. The van der Waals surface area contributed by atoms with Gasteiger partial charge in [0.1, 0.15) is 0 Å². The summed E-state index contributed by atoms with van der Waals surface area (Å²) in [7, 11) is 0. The van der Waals surface area contributed by atoms with Crippen LogP contribution in [0.1, 0.15) is 39.5 Å². The molecule has 3 N–H and O–H groups in total. The zero-order valence-corrected chi connectivity index (χ0v) is 9.71. The van der Waals surface area contributed by atoms with Crippen LogP contribution in [0.15, 0.2) is 4.42 Å². The van der Waals surface area contributed by atoms with Crippen molar-refractivity contribution in [3.8, 4) is 0 Å². The molecular formula is C10H20N4O. The van der Waals surface area contributed by atoms with Crippen LogP contribution < -0.4 is 11.1 Å². The fourth-order valence-corrected chi connectivity index (χ4v) is 1.21. The van der Waals surface area contributed by atoms with Crippen LogP contribution in [0.5, 0.6) is 0 Å². The van der Waals surface area contributed by atoms with E-state index in [-0.39, 0.29) is 5.54 Å². The van der Waals surface area contributed by atoms with Gasteiger partial charge in [-0.1, -0.05) is 18.9 Å². The summed E-state index contributed by atoms with van der Waals surface area (Å²) in [6.07, 6.45) is 2.65. The Kier molecular flexibility index (Phi) is 4.08. The van der Waals surface area contributed by atoms with Crippen molar-refractivity contribution in [1.82, 2.24) is 10.2 Å². The van der Waals surface area contributed by atoms with Gasteiger partial charge in [-0.3, -0.25) is 0 Å². The monoisotopic (exact) mass is 212 g/mol. The maximum absolute atomic E-state index is 5.41. The highest BCUT2D eigenvalue weighted by molar-refractivity contribution is 5.23. The van der Waals surface area contributed by atoms with Gasteiger partial charge in [-0.15, -0.1) is 5.10 Å². The van der Waals surface area contributed by atoms with Gasteiger partial charge in [0.15, 0.2) is 0 Å². The second-order valence-electron chi connectivity index (χ2n) is 3.93. The third-order valence-corrected chi connectivity index (χ3v) is 2.79. The Morgan fingerprint density at radius 1 is 1.33 bits per heavy atom. The molecule has 1 rings (SSSR count). The first-order chi connectivity index (χ1) is 7.13. The van der Waals surface area contributed by atoms with Gasteiger partial charge < -0.3 is 15.5 Å². The molecule has 5 nitrogen and oxygen atoms in total. The van der Waals surface area contributed by atoms with Crippen molar-refractivity contribution in [2.45, 2.75) is 45.6 Å². The Bertz CT molecular complexity index is 293. The van der Waals surface area contributed by atoms with Crippen molar-refractivity contribution in [2.75, 3.05) is 11.9 Å². The van der Waals surface area contributed by atoms with Crippen LogP contribution in [-0.2, 0) is 6.42 Å². The minimum absolute atomic E-state index is 0.0204. The Balaban J connectivity index is 2.63. The van der Waals surface area contributed by atoms with Crippen molar-refractivity contribution in [3.63, 3.8) is 0 Å². The molecule has 0 fully saturated rings. The summed E-state index contributed by atoms with van der Waals surface area (Å²) in [5, 5.41) is 11.1. The van der Waals surface area contributed by atoms with Crippen LogP contribution in [0.2, 0.25) is 0 Å². The summed E-state index contributed by atoms with van der Waals surface area (Å²) in [6, 6.07) is 0.490. The van der Waals surface area contributed by atoms with E-state index >= 15 is 0 Å². The third-order valence-electron chi connectivity index (χ3n) is 2.79. The summed E-state index contributed by atoms with van der Waals surface area (Å²) in [4.78, 5) is 0. The predicted molar refractivity (Wildman–Crippen MR) is 59.7 cm³/mol. The molecule has 0 saturated heterocycles. The van der Waals surface area contributed by atoms with E-state index < -0.39 is 0 Å². The van der Waals surface area contributed by atoms with E-state index in [1.54, 1.807) is 0 Å². The molecule has 1 aromatic rings. The second-order valence-corrected chi connectivity index (χ2v) is 3.93. The van der Waals surface area contributed by atoms with E-state index in [9.17, 15) is 0 Å². The molecule has 0 saturated carbocycles. The lowest BCUT2D eigenvalue weighted by Gasteiger charge is -2.26. The molecule has 86 valence electrons. The molecule has 0 amide bonds. The number of nitrogens with zero attached hydrogens (tertiary/aromatic N) is 2. The highest BCUT2D eigenvalue weighted by Gasteiger charge is 2.21. The molecule has 0 radical (unpaired) electrons. The van der Waals surface area contributed by atoms with E-state index in [0.29, 0.717) is 24.9 Å². The molecule has 1 aromatic heterocycles. The first-order valence-corrected chi connectivity index (χ1v) is 5.44. The van der Waals surface area contributed by atoms with Crippen LogP contribution in [0.4, 0.5) is 6.01 Å². The molecule has 0 aliphatic carbocycles. The number of rotatable bonds is 6. The average molecular weight is 212 g/mol. The Labute approximate surface area is 90.4 Å². The van der Waals surface area contributed by atoms with Gasteiger partial charge in [0, 0.05) is 18.5 Å². The molecule has 0 spiro atoms. The molecule has 0 bridgehead atoms. The summed E-state index contributed by atoms with van der Waals surface area (Å²) >= 11 is 0. The summed E-state index contributed by atoms with van der Waals surface area (Å²) in [6.45, 7) is 6.93. The molecule has 15 heavy (non-hydrogen) atoms. The molecule has 0 unspecified atom stereocenters. The minimum Gasteiger partial charge on any atom is -0.408 e. The number of aromatic nitrogens is 2. The largest absolute Gasteiger partial charge is 0.408 e. The van der Waals surface area contributed by atoms with E-state index in [4.69, 9.17) is 10.2 Å². The van der Waals surface area contributed by atoms with Gasteiger partial charge in [0.05, 0.1) is 0 Å². The van der Waals surface area contributed by atoms with E-state index in [1.165, 1.54) is 0 Å². The summed E-state index contributed by atoms with van der Waals surface area (Å²) in [5.41, 5.74) is 5.42. The van der Waals surface area contributed by atoms with Crippen molar-refractivity contribution in [3.05, 3.63) is 5.89 Å². The standard InChI is InChI=1S/C10H20N4O/c1-4-10(3,5-2)12-9-14-13-8(15-9)6-7-11/h4-7,11H2,1-3H3,(H,12,14). The van der Waals surface area contributed by atoms with Crippen LogP contribution in [0.25, 0.3) is 0 Å². The highest BCUT2D eigenvalue weighted by atomic mass is 16.4. The fourth-order valence-electron chi connectivity index (χ4n) is 1.21. The SMILES string of the molecule is CCC(C)(CC)Nc1nnc(CCN)o1. The average Bonchev–Trinajstić information content (AvgIpc) is 2.66. The van der Waals surface area contributed by atoms with E-state index in [2.05, 4.69) is 36.3 Å². The van der Waals surface area contributed by atoms with Gasteiger partial charge in [-0.25, -0.2) is 0 Å². The lowest BCUT2D eigenvalue weighted by Crippen LogP contribution is -2.33. The van der Waals surface area contributed by atoms with Crippen molar-refractivity contribution in [1.29, 1.82) is 0 Å². The number of hydrogen-bond acceptors (Lipinski definition) is 5. The number of hydrogen-bond donors (Lipinski definition) is 2. The van der Waals surface area contributed by atoms with E-state index in [0.717, 1.165) is 12.8 Å². The summed E-state index contributed by atoms with van der Waals surface area (Å²) < 4.78 is 5.41. The van der Waals surface area contributed by atoms with Crippen molar-refractivity contribution < 1.29 is 4.42 Å². The smallest absolute Gasteiger partial charge is 0.315 e. The molecule has 0 aliphatic rings. The molecular weight excluding hydrogens is 192 g/mol. The molecule has 0 aromatic carbocycles. The van der Waals surface area contributed by atoms with Gasteiger partial charge in [-0.05, 0) is 19.8 Å². The topological polar surface area (TPSA) is 77.0 Å². The van der Waals surface area contributed by atoms with Crippen LogP contribution in [-0.4, -0.2) is 22.3 Å². The Morgan fingerprint density at radius 2 is 2.00 bits per heavy atom. The zero-order valence-electron chi connectivity index (χ0n) is 9.71. The number of nitrogens with two attached hydrogens (primary N) is 1. The first kappa shape index (κ1) is 12.0. The van der Waals surface area contributed by atoms with Crippen LogP contribution in [0.3, 0.4) is 0 Å². The number of nitrogens with one attached hydrogen (secondary N) is 1. The maximum atomic E-state index is 5.41. The molecule has 0 aliphatic heterocycles. The third kappa shape index (κ3) is 3.20. The van der Waals surface area contributed by atoms with Crippen LogP contribution >= 0.6 is 0 Å².